The van der Waals surface area contributed by atoms with Crippen molar-refractivity contribution in [2.24, 2.45) is 0 Å². The molecular weight excluding hydrogens is 509 g/mol. The van der Waals surface area contributed by atoms with Gasteiger partial charge in [-0.1, -0.05) is 18.2 Å². The summed E-state index contributed by atoms with van der Waals surface area (Å²) < 4.78 is 32.1. The largest absolute Gasteiger partial charge is 0.459 e. The van der Waals surface area contributed by atoms with Crippen molar-refractivity contribution in [3.8, 4) is 5.75 Å². The molecule has 1 aliphatic rings. The number of ether oxygens (including phenoxy) is 1. The quantitative estimate of drug-likeness (QED) is 0.220. The SMILES string of the molecule is Cc1nc2c(ncn2[C@@H]2O[C@H](C(C)OP(=O)(NC(C)C(=O)CO)Oc3ccccc3)C(O)C2O)c(=O)[nH]1. The number of aromatic amines is 1. The van der Waals surface area contributed by atoms with Crippen LogP contribution in [-0.2, 0) is 18.6 Å². The Balaban J connectivity index is 1.58. The molecule has 1 aromatic carbocycles. The summed E-state index contributed by atoms with van der Waals surface area (Å²) in [6.07, 6.45) is -5.26. The molecule has 0 amide bonds. The molecule has 4 rings (SSSR count). The van der Waals surface area contributed by atoms with Crippen LogP contribution in [-0.4, -0.2) is 77.7 Å². The standard InChI is InChI=1S/C22H28N5O9P/c1-11(15(29)9-28)26-37(33,36-14-7-5-4-6-8-14)35-12(2)19-17(30)18(31)22(34-19)27-10-23-16-20(27)24-13(3)25-21(16)32/h4-8,10-12,17-19,22,28,30-31H,9H2,1-3H3,(H,26,33)(H,24,25,32)/t11?,12?,17?,18?,19-,22-,37?/m1/s1. The third-order valence-electron chi connectivity index (χ3n) is 5.83. The van der Waals surface area contributed by atoms with Crippen LogP contribution in [0, 0.1) is 6.92 Å². The first-order valence-corrected chi connectivity index (χ1v) is 13.0. The van der Waals surface area contributed by atoms with Gasteiger partial charge in [-0.2, -0.15) is 0 Å². The van der Waals surface area contributed by atoms with Crippen LogP contribution in [0.3, 0.4) is 0 Å². The zero-order valence-electron chi connectivity index (χ0n) is 20.2. The molecule has 15 heteroatoms. The number of Topliss-reactive ketones (excluding diaryl/α,β-unsaturated/α-hetero) is 1. The lowest BCUT2D eigenvalue weighted by Crippen LogP contribution is -2.41. The van der Waals surface area contributed by atoms with Gasteiger partial charge in [-0.3, -0.25) is 18.7 Å². The molecule has 14 nitrogen and oxygen atoms in total. The number of ketones is 1. The number of aromatic nitrogens is 4. The van der Waals surface area contributed by atoms with Crippen LogP contribution in [0.15, 0.2) is 41.5 Å². The molecule has 1 fully saturated rings. The summed E-state index contributed by atoms with van der Waals surface area (Å²) >= 11 is 0. The minimum absolute atomic E-state index is 0.0242. The molecule has 7 atom stereocenters. The Morgan fingerprint density at radius 3 is 2.65 bits per heavy atom. The number of benzene rings is 1. The van der Waals surface area contributed by atoms with Crippen molar-refractivity contribution in [1.29, 1.82) is 0 Å². The van der Waals surface area contributed by atoms with E-state index in [1.165, 1.54) is 36.9 Å². The Kier molecular flexibility index (Phi) is 7.90. The van der Waals surface area contributed by atoms with Crippen LogP contribution in [0.4, 0.5) is 0 Å². The summed E-state index contributed by atoms with van der Waals surface area (Å²) in [6, 6.07) is 6.98. The van der Waals surface area contributed by atoms with Gasteiger partial charge < -0.3 is 29.6 Å². The maximum atomic E-state index is 13.7. The predicted octanol–water partition coefficient (Wildman–Crippen LogP) is 0.179. The van der Waals surface area contributed by atoms with E-state index in [0.29, 0.717) is 5.82 Å². The van der Waals surface area contributed by atoms with Crippen LogP contribution in [0.1, 0.15) is 25.9 Å². The monoisotopic (exact) mass is 537 g/mol. The van der Waals surface area contributed by atoms with E-state index in [9.17, 15) is 24.4 Å². The van der Waals surface area contributed by atoms with Crippen molar-refractivity contribution in [2.45, 2.75) is 57.5 Å². The zero-order chi connectivity index (χ0) is 26.9. The van der Waals surface area contributed by atoms with Crippen molar-refractivity contribution in [3.63, 3.8) is 0 Å². The van der Waals surface area contributed by atoms with Gasteiger partial charge in [0.05, 0.1) is 18.5 Å². The van der Waals surface area contributed by atoms with Gasteiger partial charge in [-0.25, -0.2) is 19.6 Å². The van der Waals surface area contributed by atoms with E-state index < -0.39 is 62.4 Å². The number of aliphatic hydroxyl groups excluding tert-OH is 3. The molecule has 2 aromatic heterocycles. The second kappa shape index (κ2) is 10.8. The number of hydrogen-bond donors (Lipinski definition) is 5. The molecule has 3 heterocycles. The van der Waals surface area contributed by atoms with Crippen LogP contribution in [0.5, 0.6) is 5.75 Å². The van der Waals surface area contributed by atoms with Crippen LogP contribution < -0.4 is 15.2 Å². The van der Waals surface area contributed by atoms with E-state index in [4.69, 9.17) is 18.9 Å². The Morgan fingerprint density at radius 1 is 1.27 bits per heavy atom. The highest BCUT2D eigenvalue weighted by molar-refractivity contribution is 7.52. The Bertz CT molecular complexity index is 1360. The fourth-order valence-electron chi connectivity index (χ4n) is 3.95. The molecule has 0 radical (unpaired) electrons. The summed E-state index contributed by atoms with van der Waals surface area (Å²) in [4.78, 5) is 34.9. The van der Waals surface area contributed by atoms with Gasteiger partial charge in [-0.05, 0) is 32.9 Å². The fourth-order valence-corrected chi connectivity index (χ4v) is 5.68. The first kappa shape index (κ1) is 27.1. The molecule has 0 saturated carbocycles. The highest BCUT2D eigenvalue weighted by Gasteiger charge is 2.49. The second-order valence-corrected chi connectivity index (χ2v) is 10.3. The van der Waals surface area contributed by atoms with Gasteiger partial charge in [-0.15, -0.1) is 0 Å². The van der Waals surface area contributed by atoms with E-state index in [1.54, 1.807) is 25.1 Å². The summed E-state index contributed by atoms with van der Waals surface area (Å²) in [5.41, 5.74) is -0.307. The van der Waals surface area contributed by atoms with Crippen molar-refractivity contribution in [3.05, 3.63) is 52.8 Å². The number of H-pyrrole nitrogens is 1. The second-order valence-electron chi connectivity index (χ2n) is 8.64. The number of para-hydroxylation sites is 1. The minimum Gasteiger partial charge on any atom is -0.413 e. The zero-order valence-corrected chi connectivity index (χ0v) is 21.1. The predicted molar refractivity (Wildman–Crippen MR) is 129 cm³/mol. The van der Waals surface area contributed by atoms with Gasteiger partial charge in [0.1, 0.15) is 36.5 Å². The molecule has 37 heavy (non-hydrogen) atoms. The minimum atomic E-state index is -4.28. The first-order valence-electron chi connectivity index (χ1n) is 11.4. The molecule has 1 saturated heterocycles. The van der Waals surface area contributed by atoms with Gasteiger partial charge >= 0.3 is 7.75 Å². The van der Waals surface area contributed by atoms with Crippen LogP contribution in [0.2, 0.25) is 0 Å². The first-order chi connectivity index (χ1) is 17.5. The number of fused-ring (bicyclic) bond motifs is 1. The average Bonchev–Trinajstić information content (AvgIpc) is 3.39. The van der Waals surface area contributed by atoms with Crippen molar-refractivity contribution < 1.29 is 38.5 Å². The van der Waals surface area contributed by atoms with Gasteiger partial charge in [0.2, 0.25) is 0 Å². The number of rotatable bonds is 10. The molecule has 3 aromatic rings. The Labute approximate surface area is 210 Å². The van der Waals surface area contributed by atoms with Gasteiger partial charge in [0.25, 0.3) is 5.56 Å². The lowest BCUT2D eigenvalue weighted by molar-refractivity contribution is -0.123. The molecule has 5 unspecified atom stereocenters. The summed E-state index contributed by atoms with van der Waals surface area (Å²) in [6.45, 7) is 3.62. The fraction of sp³-hybridized carbons (Fsp3) is 0.455. The lowest BCUT2D eigenvalue weighted by Gasteiger charge is -2.28. The highest BCUT2D eigenvalue weighted by Crippen LogP contribution is 2.48. The average molecular weight is 537 g/mol. The molecule has 0 aliphatic carbocycles. The smallest absolute Gasteiger partial charge is 0.413 e. The summed E-state index contributed by atoms with van der Waals surface area (Å²) in [5.74, 6) is -0.153. The number of nitrogens with one attached hydrogen (secondary N) is 2. The summed E-state index contributed by atoms with van der Waals surface area (Å²) in [5, 5.41) is 33.2. The molecule has 1 aliphatic heterocycles. The number of aliphatic hydroxyl groups is 3. The third kappa shape index (κ3) is 5.65. The van der Waals surface area contributed by atoms with Crippen molar-refractivity contribution in [1.82, 2.24) is 24.6 Å². The van der Waals surface area contributed by atoms with E-state index >= 15 is 0 Å². The van der Waals surface area contributed by atoms with Gasteiger partial charge in [0, 0.05) is 0 Å². The van der Waals surface area contributed by atoms with Crippen molar-refractivity contribution in [2.75, 3.05) is 6.61 Å². The number of aryl methyl sites for hydroxylation is 1. The molecule has 5 N–H and O–H groups in total. The third-order valence-corrected chi connectivity index (χ3v) is 7.59. The number of hydrogen-bond acceptors (Lipinski definition) is 11. The van der Waals surface area contributed by atoms with E-state index in [2.05, 4.69) is 20.0 Å². The molecular formula is C22H28N5O9P. The number of carbonyl (C=O) groups is 1. The van der Waals surface area contributed by atoms with E-state index in [0.717, 1.165) is 0 Å². The number of imidazole rings is 1. The molecule has 0 bridgehead atoms. The Hall–Kier alpha value is -2.97. The van der Waals surface area contributed by atoms with Crippen LogP contribution >= 0.6 is 7.75 Å². The number of carbonyl (C=O) groups excluding carboxylic acids is 1. The maximum absolute atomic E-state index is 13.7. The number of nitrogens with zero attached hydrogens (tertiary/aromatic N) is 3. The Morgan fingerprint density at radius 2 is 1.97 bits per heavy atom. The lowest BCUT2D eigenvalue weighted by atomic mass is 10.1. The van der Waals surface area contributed by atoms with Gasteiger partial charge in [0.15, 0.2) is 23.2 Å². The maximum Gasteiger partial charge on any atom is 0.459 e. The van der Waals surface area contributed by atoms with Crippen molar-refractivity contribution >= 4 is 24.7 Å². The topological polar surface area (TPSA) is 198 Å². The summed E-state index contributed by atoms with van der Waals surface area (Å²) in [7, 11) is -4.28. The molecule has 0 spiro atoms. The molecule has 200 valence electrons. The van der Waals surface area contributed by atoms with E-state index in [1.807, 2.05) is 0 Å². The highest BCUT2D eigenvalue weighted by atomic mass is 31.2. The normalized spacial score (nSPS) is 25.0. The van der Waals surface area contributed by atoms with E-state index in [-0.39, 0.29) is 16.9 Å². The van der Waals surface area contributed by atoms with Crippen LogP contribution in [0.25, 0.3) is 11.2 Å².